The van der Waals surface area contributed by atoms with Crippen LogP contribution >= 0.6 is 0 Å². The fourth-order valence-electron chi connectivity index (χ4n) is 4.32. The number of nitrogens with one attached hydrogen (secondary N) is 3. The zero-order valence-corrected chi connectivity index (χ0v) is 14.6. The van der Waals surface area contributed by atoms with Crippen molar-refractivity contribution >= 4 is 17.7 Å². The molecule has 3 aliphatic rings. The molecule has 1 aromatic carbocycles. The number of allylic oxidation sites excluding steroid dienone is 2. The maximum absolute atomic E-state index is 13.4. The molecule has 7 heteroatoms. The first-order chi connectivity index (χ1) is 12.2. The fourth-order valence-corrected chi connectivity index (χ4v) is 4.32. The van der Waals surface area contributed by atoms with Crippen molar-refractivity contribution in [2.75, 3.05) is 0 Å². The summed E-state index contributed by atoms with van der Waals surface area (Å²) in [6, 6.07) is 5.28. The minimum atomic E-state index is -0.679. The number of rotatable bonds is 1. The Hall–Kier alpha value is -2.70. The van der Waals surface area contributed by atoms with E-state index in [1.807, 2.05) is 13.8 Å². The summed E-state index contributed by atoms with van der Waals surface area (Å²) in [6.45, 7) is 4.03. The number of imide groups is 1. The molecule has 136 valence electrons. The summed E-state index contributed by atoms with van der Waals surface area (Å²) in [5.41, 5.74) is 1.82. The van der Waals surface area contributed by atoms with Crippen molar-refractivity contribution in [1.29, 1.82) is 0 Å². The summed E-state index contributed by atoms with van der Waals surface area (Å²) in [7, 11) is 0. The monoisotopic (exact) mass is 357 g/mol. The number of urea groups is 1. The van der Waals surface area contributed by atoms with Gasteiger partial charge < -0.3 is 10.6 Å². The number of halogens is 1. The lowest BCUT2D eigenvalue weighted by Crippen LogP contribution is -2.66. The van der Waals surface area contributed by atoms with E-state index in [1.165, 1.54) is 12.1 Å². The molecule has 0 aromatic heterocycles. The first kappa shape index (κ1) is 16.8. The molecule has 0 radical (unpaired) electrons. The van der Waals surface area contributed by atoms with Gasteiger partial charge in [-0.2, -0.15) is 0 Å². The Kier molecular flexibility index (Phi) is 3.64. The maximum atomic E-state index is 13.4. The maximum Gasteiger partial charge on any atom is 0.323 e. The third-order valence-electron chi connectivity index (χ3n) is 5.33. The van der Waals surface area contributed by atoms with Crippen LogP contribution in [0.1, 0.15) is 38.2 Å². The van der Waals surface area contributed by atoms with Crippen LogP contribution in [-0.2, 0) is 9.59 Å². The lowest BCUT2D eigenvalue weighted by Gasteiger charge is -2.46. The molecule has 3 unspecified atom stereocenters. The van der Waals surface area contributed by atoms with Crippen LogP contribution in [0.25, 0.3) is 0 Å². The quantitative estimate of drug-likeness (QED) is 0.717. The van der Waals surface area contributed by atoms with Crippen molar-refractivity contribution in [2.24, 2.45) is 11.3 Å². The Bertz CT molecular complexity index is 844. The third-order valence-corrected chi connectivity index (χ3v) is 5.33. The molecule has 26 heavy (non-hydrogen) atoms. The van der Waals surface area contributed by atoms with Gasteiger partial charge in [-0.15, -0.1) is 0 Å². The predicted molar refractivity (Wildman–Crippen MR) is 91.3 cm³/mol. The van der Waals surface area contributed by atoms with Gasteiger partial charge in [-0.3, -0.25) is 14.9 Å². The molecule has 0 bridgehead atoms. The summed E-state index contributed by atoms with van der Waals surface area (Å²) in [4.78, 5) is 37.3. The SMILES string of the molecule is CC1(C)CC(=O)C2=C(C1)NC1NC(=O)NC(=O)C1C2c1ccc(F)cc1. The van der Waals surface area contributed by atoms with Gasteiger partial charge in [0.25, 0.3) is 0 Å². The third kappa shape index (κ3) is 2.67. The molecule has 1 fully saturated rings. The van der Waals surface area contributed by atoms with Gasteiger partial charge in [0.15, 0.2) is 5.78 Å². The van der Waals surface area contributed by atoms with E-state index in [0.717, 1.165) is 5.70 Å². The summed E-state index contributed by atoms with van der Waals surface area (Å²) in [5.74, 6) is -2.04. The van der Waals surface area contributed by atoms with Crippen molar-refractivity contribution in [3.63, 3.8) is 0 Å². The lowest BCUT2D eigenvalue weighted by molar-refractivity contribution is -0.127. The molecule has 2 heterocycles. The van der Waals surface area contributed by atoms with E-state index >= 15 is 0 Å². The summed E-state index contributed by atoms with van der Waals surface area (Å²) in [5, 5.41) is 8.22. The largest absolute Gasteiger partial charge is 0.368 e. The second kappa shape index (κ2) is 5.65. The average Bonchev–Trinajstić information content (AvgIpc) is 2.52. The predicted octanol–water partition coefficient (Wildman–Crippen LogP) is 1.94. The summed E-state index contributed by atoms with van der Waals surface area (Å²) < 4.78 is 13.4. The number of hydrogen-bond acceptors (Lipinski definition) is 4. The Labute approximate surface area is 150 Å². The number of Topliss-reactive ketones (excluding diaryl/α,β-unsaturated/α-hetero) is 1. The van der Waals surface area contributed by atoms with E-state index in [2.05, 4.69) is 16.0 Å². The van der Waals surface area contributed by atoms with Gasteiger partial charge in [0.1, 0.15) is 12.0 Å². The fraction of sp³-hybridized carbons (Fsp3) is 0.421. The molecule has 6 nitrogen and oxygen atoms in total. The van der Waals surface area contributed by atoms with Crippen LogP contribution in [0.4, 0.5) is 9.18 Å². The van der Waals surface area contributed by atoms with E-state index in [1.54, 1.807) is 12.1 Å². The molecule has 4 rings (SSSR count). The van der Waals surface area contributed by atoms with Crippen LogP contribution in [0, 0.1) is 17.2 Å². The topological polar surface area (TPSA) is 87.3 Å². The Balaban J connectivity index is 1.87. The van der Waals surface area contributed by atoms with Crippen molar-refractivity contribution in [3.8, 4) is 0 Å². The Morgan fingerprint density at radius 3 is 2.42 bits per heavy atom. The van der Waals surface area contributed by atoms with Crippen molar-refractivity contribution in [2.45, 2.75) is 38.8 Å². The van der Waals surface area contributed by atoms with Crippen LogP contribution < -0.4 is 16.0 Å². The summed E-state index contributed by atoms with van der Waals surface area (Å²) in [6.07, 6.45) is 0.426. The van der Waals surface area contributed by atoms with Crippen LogP contribution in [0.3, 0.4) is 0 Å². The van der Waals surface area contributed by atoms with Gasteiger partial charge in [-0.25, -0.2) is 9.18 Å². The first-order valence-electron chi connectivity index (χ1n) is 8.65. The van der Waals surface area contributed by atoms with Crippen molar-refractivity contribution < 1.29 is 18.8 Å². The highest BCUT2D eigenvalue weighted by Crippen LogP contribution is 2.47. The van der Waals surface area contributed by atoms with E-state index in [9.17, 15) is 18.8 Å². The Morgan fingerprint density at radius 2 is 1.73 bits per heavy atom. The van der Waals surface area contributed by atoms with Gasteiger partial charge in [0, 0.05) is 23.6 Å². The molecule has 3 N–H and O–H groups in total. The molecule has 0 spiro atoms. The molecule has 1 saturated heterocycles. The lowest BCUT2D eigenvalue weighted by atomic mass is 9.66. The van der Waals surface area contributed by atoms with E-state index in [-0.39, 0.29) is 17.0 Å². The second-order valence-corrected chi connectivity index (χ2v) is 7.97. The number of fused-ring (bicyclic) bond motifs is 1. The molecule has 1 aliphatic carbocycles. The molecule has 2 aliphatic heterocycles. The van der Waals surface area contributed by atoms with Gasteiger partial charge in [-0.05, 0) is 29.5 Å². The number of ketones is 1. The normalized spacial score (nSPS) is 30.0. The standard InChI is InChI=1S/C19H20FN3O3/c1-19(2)7-11-14(12(24)8-19)13(9-3-5-10(20)6-4-9)15-16(21-11)22-18(26)23-17(15)25/h3-6,13,15-16,21H,7-8H2,1-2H3,(H2,22,23,25,26). The zero-order valence-electron chi connectivity index (χ0n) is 14.6. The second-order valence-electron chi connectivity index (χ2n) is 7.97. The summed E-state index contributed by atoms with van der Waals surface area (Å²) >= 11 is 0. The van der Waals surface area contributed by atoms with Gasteiger partial charge in [-0.1, -0.05) is 26.0 Å². The minimum absolute atomic E-state index is 0.0128. The van der Waals surface area contributed by atoms with Crippen LogP contribution in [-0.4, -0.2) is 23.9 Å². The number of carbonyl (C=O) groups is 3. The minimum Gasteiger partial charge on any atom is -0.368 e. The van der Waals surface area contributed by atoms with E-state index in [0.29, 0.717) is 24.0 Å². The number of hydrogen-bond donors (Lipinski definition) is 3. The van der Waals surface area contributed by atoms with E-state index < -0.39 is 29.9 Å². The first-order valence-corrected chi connectivity index (χ1v) is 8.65. The molecular formula is C19H20FN3O3. The van der Waals surface area contributed by atoms with Gasteiger partial charge in [0.2, 0.25) is 5.91 Å². The van der Waals surface area contributed by atoms with Gasteiger partial charge in [0.05, 0.1) is 5.92 Å². The molecular weight excluding hydrogens is 337 g/mol. The van der Waals surface area contributed by atoms with Crippen LogP contribution in [0.15, 0.2) is 35.5 Å². The zero-order chi connectivity index (χ0) is 18.6. The molecule has 0 saturated carbocycles. The smallest absolute Gasteiger partial charge is 0.323 e. The number of benzene rings is 1. The van der Waals surface area contributed by atoms with Crippen molar-refractivity contribution in [1.82, 2.24) is 16.0 Å². The van der Waals surface area contributed by atoms with Crippen LogP contribution in [0.5, 0.6) is 0 Å². The highest BCUT2D eigenvalue weighted by atomic mass is 19.1. The Morgan fingerprint density at radius 1 is 1.04 bits per heavy atom. The van der Waals surface area contributed by atoms with Crippen LogP contribution in [0.2, 0.25) is 0 Å². The molecule has 1 aromatic rings. The highest BCUT2D eigenvalue weighted by Gasteiger charge is 2.50. The molecule has 3 atom stereocenters. The molecule has 3 amide bonds. The average molecular weight is 357 g/mol. The van der Waals surface area contributed by atoms with Crippen molar-refractivity contribution in [3.05, 3.63) is 46.9 Å². The highest BCUT2D eigenvalue weighted by molar-refractivity contribution is 6.04. The van der Waals surface area contributed by atoms with E-state index in [4.69, 9.17) is 0 Å². The number of amides is 3. The number of carbonyl (C=O) groups excluding carboxylic acids is 3. The van der Waals surface area contributed by atoms with Gasteiger partial charge >= 0.3 is 6.03 Å².